The number of carbonyl (C=O) groups excluding carboxylic acids is 1. The molecule has 0 aliphatic carbocycles. The molecule has 1 aliphatic heterocycles. The van der Waals surface area contributed by atoms with Crippen LogP contribution in [0.4, 0.5) is 4.79 Å². The fourth-order valence-corrected chi connectivity index (χ4v) is 3.41. The average molecular weight is 317 g/mol. The molecule has 1 rings (SSSR count). The van der Waals surface area contributed by atoms with Gasteiger partial charge in [0.1, 0.15) is 5.60 Å². The number of hydrogen-bond acceptors (Lipinski definition) is 4. The molecule has 1 amide bonds. The van der Waals surface area contributed by atoms with Crippen molar-refractivity contribution in [3.8, 4) is 0 Å². The first-order chi connectivity index (χ1) is 9.59. The molecule has 21 heavy (non-hydrogen) atoms. The number of ether oxygens (including phenoxy) is 1. The molecule has 1 heterocycles. The van der Waals surface area contributed by atoms with Gasteiger partial charge in [-0.05, 0) is 65.9 Å². The van der Waals surface area contributed by atoms with Crippen molar-refractivity contribution in [3.05, 3.63) is 0 Å². The summed E-state index contributed by atoms with van der Waals surface area (Å²) in [4.78, 5) is 14.2. The molecule has 0 spiro atoms. The van der Waals surface area contributed by atoms with Crippen LogP contribution in [0.2, 0.25) is 0 Å². The first-order valence-electron chi connectivity index (χ1n) is 7.91. The van der Waals surface area contributed by atoms with Gasteiger partial charge in [0.05, 0.1) is 0 Å². The second-order valence-electron chi connectivity index (χ2n) is 7.64. The molecule has 0 unspecified atom stereocenters. The molecule has 0 radical (unpaired) electrons. The Morgan fingerprint density at radius 3 is 2.24 bits per heavy atom. The minimum Gasteiger partial charge on any atom is -0.444 e. The molecule has 1 fully saturated rings. The van der Waals surface area contributed by atoms with Crippen molar-refractivity contribution in [2.45, 2.75) is 71.6 Å². The highest BCUT2D eigenvalue weighted by Crippen LogP contribution is 2.19. The lowest BCUT2D eigenvalue weighted by Crippen LogP contribution is -2.51. The zero-order valence-electron chi connectivity index (χ0n) is 14.5. The molecule has 5 heteroatoms. The van der Waals surface area contributed by atoms with Gasteiger partial charge in [0, 0.05) is 24.7 Å². The van der Waals surface area contributed by atoms with E-state index in [0.717, 1.165) is 6.54 Å². The van der Waals surface area contributed by atoms with Crippen molar-refractivity contribution >= 4 is 17.9 Å². The molecule has 1 aliphatic rings. The molecular formula is C16H32N2O2S. The topological polar surface area (TPSA) is 41.6 Å². The predicted molar refractivity (Wildman–Crippen MR) is 91.0 cm³/mol. The highest BCUT2D eigenvalue weighted by Gasteiger charge is 2.30. The summed E-state index contributed by atoms with van der Waals surface area (Å²) in [6, 6.07) is 0.603. The van der Waals surface area contributed by atoms with E-state index >= 15 is 0 Å². The Bertz CT molecular complexity index is 328. The smallest absolute Gasteiger partial charge is 0.410 e. The van der Waals surface area contributed by atoms with Crippen molar-refractivity contribution in [2.75, 3.05) is 24.6 Å². The lowest BCUT2D eigenvalue weighted by Gasteiger charge is -2.37. The molecular weight excluding hydrogens is 284 g/mol. The van der Waals surface area contributed by atoms with E-state index in [1.54, 1.807) is 0 Å². The predicted octanol–water partition coefficient (Wildman–Crippen LogP) is 3.51. The van der Waals surface area contributed by atoms with Crippen molar-refractivity contribution in [1.82, 2.24) is 10.2 Å². The van der Waals surface area contributed by atoms with Gasteiger partial charge in [0.2, 0.25) is 0 Å². The normalized spacial score (nSPS) is 17.6. The molecule has 0 atom stereocenters. The van der Waals surface area contributed by atoms with Crippen LogP contribution in [0.25, 0.3) is 0 Å². The molecule has 1 saturated heterocycles. The SMILES string of the molecule is CC(C)(C)OC(=O)N(CCNC1CCSCC1)C(C)(C)C. The third-order valence-corrected chi connectivity index (χ3v) is 4.46. The summed E-state index contributed by atoms with van der Waals surface area (Å²) in [5, 5.41) is 3.58. The van der Waals surface area contributed by atoms with E-state index in [9.17, 15) is 4.79 Å². The number of nitrogens with one attached hydrogen (secondary N) is 1. The number of rotatable bonds is 4. The van der Waals surface area contributed by atoms with Gasteiger partial charge in [0.25, 0.3) is 0 Å². The number of hydrogen-bond donors (Lipinski definition) is 1. The van der Waals surface area contributed by atoms with Crippen LogP contribution < -0.4 is 5.32 Å². The van der Waals surface area contributed by atoms with Crippen LogP contribution in [0.15, 0.2) is 0 Å². The van der Waals surface area contributed by atoms with E-state index in [0.29, 0.717) is 12.6 Å². The molecule has 0 aromatic rings. The van der Waals surface area contributed by atoms with Crippen LogP contribution in [0.5, 0.6) is 0 Å². The van der Waals surface area contributed by atoms with Gasteiger partial charge in [-0.3, -0.25) is 0 Å². The third kappa shape index (κ3) is 7.41. The second-order valence-corrected chi connectivity index (χ2v) is 8.87. The van der Waals surface area contributed by atoms with Crippen LogP contribution in [-0.4, -0.2) is 52.8 Å². The molecule has 0 aromatic carbocycles. The Labute approximate surface area is 134 Å². The largest absolute Gasteiger partial charge is 0.444 e. The standard InChI is InChI=1S/C16H32N2O2S/c1-15(2,3)18(14(19)20-16(4,5)6)10-9-17-13-7-11-21-12-8-13/h13,17H,7-12H2,1-6H3. The quantitative estimate of drug-likeness (QED) is 0.862. The monoisotopic (exact) mass is 316 g/mol. The number of thioether (sulfide) groups is 1. The second kappa shape index (κ2) is 7.73. The van der Waals surface area contributed by atoms with Crippen molar-refractivity contribution < 1.29 is 9.53 Å². The van der Waals surface area contributed by atoms with E-state index < -0.39 is 5.60 Å². The molecule has 124 valence electrons. The maximum Gasteiger partial charge on any atom is 0.410 e. The highest BCUT2D eigenvalue weighted by molar-refractivity contribution is 7.99. The van der Waals surface area contributed by atoms with Gasteiger partial charge in [-0.1, -0.05) is 0 Å². The Morgan fingerprint density at radius 1 is 1.19 bits per heavy atom. The summed E-state index contributed by atoms with van der Waals surface area (Å²) in [5.74, 6) is 2.49. The van der Waals surface area contributed by atoms with Crippen LogP contribution in [0.1, 0.15) is 54.4 Å². The average Bonchev–Trinajstić information content (AvgIpc) is 2.32. The summed E-state index contributed by atoms with van der Waals surface area (Å²) in [6.45, 7) is 13.4. The van der Waals surface area contributed by atoms with Crippen molar-refractivity contribution in [1.29, 1.82) is 0 Å². The van der Waals surface area contributed by atoms with E-state index in [-0.39, 0.29) is 11.6 Å². The highest BCUT2D eigenvalue weighted by atomic mass is 32.2. The summed E-state index contributed by atoms with van der Waals surface area (Å²) >= 11 is 2.03. The summed E-state index contributed by atoms with van der Waals surface area (Å²) < 4.78 is 5.52. The lowest BCUT2D eigenvalue weighted by molar-refractivity contribution is 0.00645. The van der Waals surface area contributed by atoms with Crippen LogP contribution in [-0.2, 0) is 4.74 Å². The molecule has 0 aromatic heterocycles. The number of amides is 1. The van der Waals surface area contributed by atoms with Gasteiger partial charge >= 0.3 is 6.09 Å². The molecule has 4 nitrogen and oxygen atoms in total. The minimum atomic E-state index is -0.450. The van der Waals surface area contributed by atoms with E-state index in [4.69, 9.17) is 4.74 Å². The van der Waals surface area contributed by atoms with Gasteiger partial charge in [-0.25, -0.2) is 4.79 Å². The van der Waals surface area contributed by atoms with Gasteiger partial charge in [-0.2, -0.15) is 11.8 Å². The molecule has 1 N–H and O–H groups in total. The summed E-state index contributed by atoms with van der Waals surface area (Å²) in [7, 11) is 0. The summed E-state index contributed by atoms with van der Waals surface area (Å²) in [5.41, 5.74) is -0.680. The maximum atomic E-state index is 12.4. The molecule has 0 bridgehead atoms. The first kappa shape index (κ1) is 18.6. The third-order valence-electron chi connectivity index (χ3n) is 3.41. The minimum absolute atomic E-state index is 0.226. The van der Waals surface area contributed by atoms with Crippen LogP contribution in [0.3, 0.4) is 0 Å². The summed E-state index contributed by atoms with van der Waals surface area (Å²) in [6.07, 6.45) is 2.23. The molecule has 0 saturated carbocycles. The van der Waals surface area contributed by atoms with Crippen LogP contribution >= 0.6 is 11.8 Å². The van der Waals surface area contributed by atoms with Crippen molar-refractivity contribution in [3.63, 3.8) is 0 Å². The Kier molecular flexibility index (Phi) is 6.85. The Hall–Kier alpha value is -0.420. The first-order valence-corrected chi connectivity index (χ1v) is 9.07. The van der Waals surface area contributed by atoms with Gasteiger partial charge in [0.15, 0.2) is 0 Å². The van der Waals surface area contributed by atoms with E-state index in [1.807, 2.05) is 58.2 Å². The Morgan fingerprint density at radius 2 is 1.76 bits per heavy atom. The zero-order valence-corrected chi connectivity index (χ0v) is 15.3. The van der Waals surface area contributed by atoms with E-state index in [2.05, 4.69) is 5.32 Å². The fraction of sp³-hybridized carbons (Fsp3) is 0.938. The zero-order chi connectivity index (χ0) is 16.1. The van der Waals surface area contributed by atoms with Gasteiger partial charge in [-0.15, -0.1) is 0 Å². The maximum absolute atomic E-state index is 12.4. The van der Waals surface area contributed by atoms with Crippen molar-refractivity contribution in [2.24, 2.45) is 0 Å². The van der Waals surface area contributed by atoms with E-state index in [1.165, 1.54) is 24.3 Å². The Balaban J connectivity index is 2.48. The fourth-order valence-electron chi connectivity index (χ4n) is 2.30. The number of carbonyl (C=O) groups is 1. The van der Waals surface area contributed by atoms with Gasteiger partial charge < -0.3 is 15.0 Å². The number of nitrogens with zero attached hydrogens (tertiary/aromatic N) is 1. The van der Waals surface area contributed by atoms with Crippen LogP contribution in [0, 0.1) is 0 Å². The lowest BCUT2D eigenvalue weighted by atomic mass is 10.1.